The molecule has 0 N–H and O–H groups in total. The molecule has 0 saturated heterocycles. The van der Waals surface area contributed by atoms with Gasteiger partial charge < -0.3 is 14.0 Å². The van der Waals surface area contributed by atoms with Gasteiger partial charge in [-0.15, -0.1) is 0 Å². The zero-order chi connectivity index (χ0) is 18.7. The van der Waals surface area contributed by atoms with Crippen molar-refractivity contribution in [3.63, 3.8) is 0 Å². The Hall–Kier alpha value is -3.67. The Labute approximate surface area is 161 Å². The summed E-state index contributed by atoms with van der Waals surface area (Å²) in [6, 6.07) is 12.2. The summed E-state index contributed by atoms with van der Waals surface area (Å²) < 4.78 is 13.1. The van der Waals surface area contributed by atoms with Crippen LogP contribution in [-0.2, 0) is 6.54 Å². The highest BCUT2D eigenvalue weighted by atomic mass is 16.7. The van der Waals surface area contributed by atoms with Crippen molar-refractivity contribution in [3.05, 3.63) is 65.4 Å². The summed E-state index contributed by atoms with van der Waals surface area (Å²) in [6.07, 6.45) is 5.93. The molecule has 0 amide bonds. The van der Waals surface area contributed by atoms with Gasteiger partial charge in [-0.05, 0) is 30.7 Å². The number of benzene rings is 2. The van der Waals surface area contributed by atoms with Gasteiger partial charge in [-0.3, -0.25) is 0 Å². The highest BCUT2D eigenvalue weighted by molar-refractivity contribution is 5.86. The smallest absolute Gasteiger partial charge is 0.231 e. The van der Waals surface area contributed by atoms with Crippen molar-refractivity contribution in [1.82, 2.24) is 19.5 Å². The number of nitrogens with zero attached hydrogens (tertiary/aromatic N) is 4. The van der Waals surface area contributed by atoms with Gasteiger partial charge in [-0.25, -0.2) is 15.0 Å². The molecule has 4 heterocycles. The number of imidazole rings is 1. The number of aromatic nitrogens is 4. The summed E-state index contributed by atoms with van der Waals surface area (Å²) in [5.41, 5.74) is 5.17. The van der Waals surface area contributed by atoms with E-state index in [2.05, 4.69) is 45.0 Å². The first-order chi connectivity index (χ1) is 13.7. The Kier molecular flexibility index (Phi) is 3.11. The van der Waals surface area contributed by atoms with E-state index in [-0.39, 0.29) is 6.79 Å². The van der Waals surface area contributed by atoms with Crippen LogP contribution >= 0.6 is 0 Å². The monoisotopic (exact) mass is 368 g/mol. The van der Waals surface area contributed by atoms with Gasteiger partial charge in [0.15, 0.2) is 17.3 Å². The van der Waals surface area contributed by atoms with Crippen molar-refractivity contribution < 1.29 is 9.47 Å². The first kappa shape index (κ1) is 15.4. The largest absolute Gasteiger partial charge is 0.454 e. The third-order valence-electron chi connectivity index (χ3n) is 5.20. The molecule has 0 unspecified atom stereocenters. The second kappa shape index (κ2) is 5.66. The SMILES string of the molecule is Cc1nc(/C=C/c2cn3c(n2)-c2ccccc2C3)nc2cc3c(cc12)OCO3. The van der Waals surface area contributed by atoms with Crippen LogP contribution in [0.15, 0.2) is 42.6 Å². The maximum absolute atomic E-state index is 5.47. The molecule has 0 aliphatic carbocycles. The van der Waals surface area contributed by atoms with Crippen molar-refractivity contribution in [2.24, 2.45) is 0 Å². The summed E-state index contributed by atoms with van der Waals surface area (Å²) in [5, 5.41) is 0.971. The molecule has 0 fully saturated rings. The van der Waals surface area contributed by atoms with Gasteiger partial charge in [-0.2, -0.15) is 0 Å². The molecule has 0 bridgehead atoms. The lowest BCUT2D eigenvalue weighted by molar-refractivity contribution is 0.174. The molecular weight excluding hydrogens is 352 g/mol. The van der Waals surface area contributed by atoms with Crippen LogP contribution < -0.4 is 9.47 Å². The minimum Gasteiger partial charge on any atom is -0.454 e. The molecule has 0 atom stereocenters. The highest BCUT2D eigenvalue weighted by Crippen LogP contribution is 2.36. The van der Waals surface area contributed by atoms with Gasteiger partial charge >= 0.3 is 0 Å². The van der Waals surface area contributed by atoms with E-state index >= 15 is 0 Å². The number of fused-ring (bicyclic) bond motifs is 5. The van der Waals surface area contributed by atoms with Crippen LogP contribution in [0.2, 0.25) is 0 Å². The van der Waals surface area contributed by atoms with E-state index < -0.39 is 0 Å². The van der Waals surface area contributed by atoms with Crippen LogP contribution in [0.3, 0.4) is 0 Å². The maximum Gasteiger partial charge on any atom is 0.231 e. The summed E-state index contributed by atoms with van der Waals surface area (Å²) in [4.78, 5) is 14.0. The molecule has 0 saturated carbocycles. The van der Waals surface area contributed by atoms with Crippen LogP contribution in [0, 0.1) is 6.92 Å². The van der Waals surface area contributed by atoms with Crippen LogP contribution in [-0.4, -0.2) is 26.3 Å². The number of hydrogen-bond acceptors (Lipinski definition) is 5. The normalized spacial score (nSPS) is 14.0. The summed E-state index contributed by atoms with van der Waals surface area (Å²) in [6.45, 7) is 3.09. The van der Waals surface area contributed by atoms with E-state index in [9.17, 15) is 0 Å². The van der Waals surface area contributed by atoms with Gasteiger partial charge in [0.1, 0.15) is 5.82 Å². The Morgan fingerprint density at radius 2 is 1.86 bits per heavy atom. The summed E-state index contributed by atoms with van der Waals surface area (Å²) in [7, 11) is 0. The Bertz CT molecular complexity index is 1290. The molecule has 28 heavy (non-hydrogen) atoms. The fourth-order valence-electron chi connectivity index (χ4n) is 3.84. The van der Waals surface area contributed by atoms with Crippen LogP contribution in [0.4, 0.5) is 0 Å². The fraction of sp³-hybridized carbons (Fsp3) is 0.136. The third-order valence-corrected chi connectivity index (χ3v) is 5.20. The molecule has 2 aliphatic rings. The van der Waals surface area contributed by atoms with E-state index in [0.29, 0.717) is 5.82 Å². The van der Waals surface area contributed by atoms with E-state index in [1.54, 1.807) is 0 Å². The first-order valence-electron chi connectivity index (χ1n) is 9.16. The predicted octanol–water partition coefficient (Wildman–Crippen LogP) is 4.06. The third kappa shape index (κ3) is 2.31. The lowest BCUT2D eigenvalue weighted by Crippen LogP contribution is -1.93. The lowest BCUT2D eigenvalue weighted by atomic mass is 10.1. The van der Waals surface area contributed by atoms with Crippen molar-refractivity contribution in [1.29, 1.82) is 0 Å². The van der Waals surface area contributed by atoms with Gasteiger partial charge in [0.25, 0.3) is 0 Å². The molecule has 6 rings (SSSR count). The zero-order valence-electron chi connectivity index (χ0n) is 15.2. The average Bonchev–Trinajstić information content (AvgIpc) is 3.39. The first-order valence-corrected chi connectivity index (χ1v) is 9.16. The van der Waals surface area contributed by atoms with Crippen molar-refractivity contribution in [2.45, 2.75) is 13.5 Å². The Morgan fingerprint density at radius 3 is 2.79 bits per heavy atom. The van der Waals surface area contributed by atoms with E-state index in [1.807, 2.05) is 31.2 Å². The number of hydrogen-bond donors (Lipinski definition) is 0. The van der Waals surface area contributed by atoms with Gasteiger partial charge in [0.05, 0.1) is 11.2 Å². The molecule has 2 aromatic carbocycles. The minimum atomic E-state index is 0.249. The van der Waals surface area contributed by atoms with Crippen LogP contribution in [0.5, 0.6) is 11.5 Å². The van der Waals surface area contributed by atoms with Gasteiger partial charge in [0.2, 0.25) is 6.79 Å². The molecule has 6 heteroatoms. The Balaban J connectivity index is 1.35. The minimum absolute atomic E-state index is 0.249. The summed E-state index contributed by atoms with van der Waals surface area (Å²) >= 11 is 0. The van der Waals surface area contributed by atoms with Crippen molar-refractivity contribution in [3.8, 4) is 22.9 Å². The molecule has 4 aromatic rings. The molecule has 6 nitrogen and oxygen atoms in total. The number of aryl methyl sites for hydroxylation is 1. The number of rotatable bonds is 2. The van der Waals surface area contributed by atoms with Gasteiger partial charge in [-0.1, -0.05) is 24.3 Å². The topological polar surface area (TPSA) is 62.1 Å². The van der Waals surface area contributed by atoms with E-state index in [1.165, 1.54) is 11.1 Å². The van der Waals surface area contributed by atoms with Crippen LogP contribution in [0.1, 0.15) is 22.8 Å². The standard InChI is InChI=1S/C22H16N4O2/c1-13-17-8-19-20(28-12-27-19)9-18(17)25-21(23-13)7-6-15-11-26-10-14-4-2-3-5-16(14)22(26)24-15/h2-9,11H,10,12H2,1H3/b7-6+. The molecule has 2 aliphatic heterocycles. The quantitative estimate of drug-likeness (QED) is 0.470. The highest BCUT2D eigenvalue weighted by Gasteiger charge is 2.20. The lowest BCUT2D eigenvalue weighted by Gasteiger charge is -2.04. The molecule has 136 valence electrons. The zero-order valence-corrected chi connectivity index (χ0v) is 15.2. The predicted molar refractivity (Wildman–Crippen MR) is 106 cm³/mol. The average molecular weight is 368 g/mol. The Morgan fingerprint density at radius 1 is 1.00 bits per heavy atom. The second-order valence-corrected chi connectivity index (χ2v) is 7.00. The number of ether oxygens (including phenoxy) is 2. The summed E-state index contributed by atoms with van der Waals surface area (Å²) in [5.74, 6) is 3.14. The molecule has 2 aromatic heterocycles. The molecular formula is C22H16N4O2. The van der Waals surface area contributed by atoms with Crippen LogP contribution in [0.25, 0.3) is 34.4 Å². The van der Waals surface area contributed by atoms with E-state index in [0.717, 1.165) is 46.2 Å². The van der Waals surface area contributed by atoms with E-state index in [4.69, 9.17) is 14.5 Å². The second-order valence-electron chi connectivity index (χ2n) is 7.00. The fourth-order valence-corrected chi connectivity index (χ4v) is 3.84. The van der Waals surface area contributed by atoms with Crippen molar-refractivity contribution >= 4 is 23.1 Å². The van der Waals surface area contributed by atoms with Gasteiger partial charge in [0, 0.05) is 35.5 Å². The maximum atomic E-state index is 5.47. The molecule has 0 spiro atoms. The van der Waals surface area contributed by atoms with Crippen molar-refractivity contribution in [2.75, 3.05) is 6.79 Å². The molecule has 0 radical (unpaired) electrons.